The Hall–Kier alpha value is -2.01. The molecule has 1 amide bonds. The number of hydrogen-bond acceptors (Lipinski definition) is 2. The number of nitrogens with zero attached hydrogens (tertiary/aromatic N) is 2. The van der Waals surface area contributed by atoms with Crippen LogP contribution in [0.5, 0.6) is 0 Å². The van der Waals surface area contributed by atoms with Gasteiger partial charge in [0.15, 0.2) is 10.3 Å². The van der Waals surface area contributed by atoms with Gasteiger partial charge in [0.1, 0.15) is 5.69 Å². The summed E-state index contributed by atoms with van der Waals surface area (Å²) in [6.07, 6.45) is 4.60. The van der Waals surface area contributed by atoms with E-state index in [-0.39, 0.29) is 5.91 Å². The fourth-order valence-corrected chi connectivity index (χ4v) is 3.95. The van der Waals surface area contributed by atoms with Gasteiger partial charge in [-0.2, -0.15) is 0 Å². The van der Waals surface area contributed by atoms with Gasteiger partial charge in [-0.1, -0.05) is 43.2 Å². The molecule has 3 heterocycles. The maximum Gasteiger partial charge on any atom is 0.270 e. The largest absolute Gasteiger partial charge is 0.448 e. The molecule has 0 radical (unpaired) electrons. The Balaban J connectivity index is 1.73. The maximum atomic E-state index is 13.2. The number of likely N-dealkylation sites (tertiary alicyclic amines) is 1. The van der Waals surface area contributed by atoms with Gasteiger partial charge in [0, 0.05) is 31.8 Å². The highest BCUT2D eigenvalue weighted by Crippen LogP contribution is 2.29. The van der Waals surface area contributed by atoms with Crippen molar-refractivity contribution < 1.29 is 9.21 Å². The van der Waals surface area contributed by atoms with Crippen LogP contribution in [0.25, 0.3) is 11.1 Å². The van der Waals surface area contributed by atoms with E-state index in [1.54, 1.807) is 0 Å². The fraction of sp³-hybridized carbons (Fsp3) is 0.350. The van der Waals surface area contributed by atoms with E-state index in [0.29, 0.717) is 16.9 Å². The zero-order valence-corrected chi connectivity index (χ0v) is 15.7. The first kappa shape index (κ1) is 16.5. The molecule has 1 aliphatic rings. The molecule has 0 spiro atoms. The molecule has 1 aromatic carbocycles. The Morgan fingerprint density at radius 1 is 1.04 bits per heavy atom. The number of amides is 1. The highest BCUT2D eigenvalue weighted by Gasteiger charge is 2.24. The molecule has 0 N–H and O–H groups in total. The Labute approximate surface area is 155 Å². The number of fused-ring (bicyclic) bond motifs is 1. The molecular weight excluding hydrogens is 380 g/mol. The van der Waals surface area contributed by atoms with Crippen LogP contribution in [0.1, 0.15) is 41.7 Å². The molecule has 0 bridgehead atoms. The summed E-state index contributed by atoms with van der Waals surface area (Å²) in [6, 6.07) is 14.1. The van der Waals surface area contributed by atoms with Gasteiger partial charge in [-0.05, 0) is 34.3 Å². The Kier molecular flexibility index (Phi) is 4.66. The minimum absolute atomic E-state index is 0.111. The third-order valence-corrected chi connectivity index (χ3v) is 5.25. The molecule has 0 unspecified atom stereocenters. The van der Waals surface area contributed by atoms with Gasteiger partial charge < -0.3 is 13.9 Å². The average Bonchev–Trinajstić information content (AvgIpc) is 3.00. The molecule has 0 aliphatic carbocycles. The van der Waals surface area contributed by atoms with E-state index in [2.05, 4.69) is 32.6 Å². The van der Waals surface area contributed by atoms with Crippen LogP contribution in [0, 0.1) is 0 Å². The van der Waals surface area contributed by atoms with Crippen LogP contribution in [0.3, 0.4) is 0 Å². The van der Waals surface area contributed by atoms with E-state index in [9.17, 15) is 4.79 Å². The first-order valence-corrected chi connectivity index (χ1v) is 9.63. The minimum Gasteiger partial charge on any atom is -0.448 e. The van der Waals surface area contributed by atoms with E-state index in [4.69, 9.17) is 4.42 Å². The number of halogens is 1. The van der Waals surface area contributed by atoms with Crippen molar-refractivity contribution >= 4 is 32.9 Å². The Morgan fingerprint density at radius 2 is 1.76 bits per heavy atom. The molecular formula is C20H21BrN2O2. The van der Waals surface area contributed by atoms with Crippen LogP contribution in [-0.2, 0) is 6.54 Å². The van der Waals surface area contributed by atoms with E-state index < -0.39 is 0 Å². The van der Waals surface area contributed by atoms with Gasteiger partial charge in [-0.15, -0.1) is 0 Å². The monoisotopic (exact) mass is 400 g/mol. The molecule has 25 heavy (non-hydrogen) atoms. The highest BCUT2D eigenvalue weighted by molar-refractivity contribution is 9.10. The second-order valence-electron chi connectivity index (χ2n) is 6.61. The van der Waals surface area contributed by atoms with Crippen molar-refractivity contribution in [2.24, 2.45) is 0 Å². The molecule has 1 fully saturated rings. The summed E-state index contributed by atoms with van der Waals surface area (Å²) in [5, 5.41) is 0. The lowest BCUT2D eigenvalue weighted by atomic mass is 10.2. The molecule has 0 atom stereocenters. The molecule has 1 aliphatic heterocycles. The summed E-state index contributed by atoms with van der Waals surface area (Å²) in [6.45, 7) is 2.35. The standard InChI is InChI=1S/C20H21BrN2O2/c21-19-13-16-18(25-19)12-17(20(24)22-10-6-1-2-7-11-22)23(16)14-15-8-4-3-5-9-15/h3-5,8-9,12-13H,1-2,6-7,10-11,14H2. The van der Waals surface area contributed by atoms with E-state index in [1.165, 1.54) is 18.4 Å². The first-order valence-electron chi connectivity index (χ1n) is 8.84. The van der Waals surface area contributed by atoms with E-state index in [0.717, 1.165) is 37.0 Å². The van der Waals surface area contributed by atoms with Crippen molar-refractivity contribution in [2.75, 3.05) is 13.1 Å². The second kappa shape index (κ2) is 7.08. The maximum absolute atomic E-state index is 13.2. The average molecular weight is 401 g/mol. The number of rotatable bonds is 3. The lowest BCUT2D eigenvalue weighted by Crippen LogP contribution is -2.33. The van der Waals surface area contributed by atoms with Crippen molar-refractivity contribution in [1.29, 1.82) is 0 Å². The van der Waals surface area contributed by atoms with Crippen molar-refractivity contribution in [1.82, 2.24) is 9.47 Å². The van der Waals surface area contributed by atoms with Crippen LogP contribution in [0.15, 0.2) is 51.6 Å². The first-order chi connectivity index (χ1) is 12.2. The quantitative estimate of drug-likeness (QED) is 0.615. The van der Waals surface area contributed by atoms with Gasteiger partial charge in [0.2, 0.25) is 0 Å². The number of carbonyl (C=O) groups excluding carboxylic acids is 1. The summed E-state index contributed by atoms with van der Waals surface area (Å²) in [5.74, 6) is 0.111. The smallest absolute Gasteiger partial charge is 0.270 e. The summed E-state index contributed by atoms with van der Waals surface area (Å²) < 4.78 is 8.48. The SMILES string of the molecule is O=C(c1cc2oc(Br)cc2n1Cc1ccccc1)N1CCCCCC1. The lowest BCUT2D eigenvalue weighted by molar-refractivity contribution is 0.0751. The van der Waals surface area contributed by atoms with Crippen molar-refractivity contribution in [2.45, 2.75) is 32.2 Å². The zero-order chi connectivity index (χ0) is 17.2. The summed E-state index contributed by atoms with van der Waals surface area (Å²) in [5.41, 5.74) is 3.59. The van der Waals surface area contributed by atoms with Gasteiger partial charge in [-0.25, -0.2) is 0 Å². The molecule has 0 saturated carbocycles. The lowest BCUT2D eigenvalue weighted by Gasteiger charge is -2.21. The second-order valence-corrected chi connectivity index (χ2v) is 7.39. The summed E-state index contributed by atoms with van der Waals surface area (Å²) in [4.78, 5) is 15.2. The Bertz CT molecular complexity index is 874. The van der Waals surface area contributed by atoms with Crippen LogP contribution in [-0.4, -0.2) is 28.5 Å². The molecule has 3 aromatic rings. The molecule has 4 rings (SSSR count). The fourth-order valence-electron chi connectivity index (χ4n) is 3.56. The van der Waals surface area contributed by atoms with Crippen LogP contribution >= 0.6 is 15.9 Å². The summed E-state index contributed by atoms with van der Waals surface area (Å²) >= 11 is 3.40. The highest BCUT2D eigenvalue weighted by atomic mass is 79.9. The van der Waals surface area contributed by atoms with Crippen LogP contribution in [0.2, 0.25) is 0 Å². The van der Waals surface area contributed by atoms with Gasteiger partial charge in [-0.3, -0.25) is 4.79 Å². The van der Waals surface area contributed by atoms with E-state index in [1.807, 2.05) is 35.2 Å². The third-order valence-electron chi connectivity index (χ3n) is 4.86. The molecule has 130 valence electrons. The summed E-state index contributed by atoms with van der Waals surface area (Å²) in [7, 11) is 0. The predicted molar refractivity (Wildman–Crippen MR) is 102 cm³/mol. The number of furan rings is 1. The normalized spacial score (nSPS) is 15.5. The molecule has 2 aromatic heterocycles. The number of carbonyl (C=O) groups is 1. The van der Waals surface area contributed by atoms with Crippen molar-refractivity contribution in [3.63, 3.8) is 0 Å². The van der Waals surface area contributed by atoms with Crippen molar-refractivity contribution in [3.05, 3.63) is 58.4 Å². The number of benzene rings is 1. The van der Waals surface area contributed by atoms with Crippen molar-refractivity contribution in [3.8, 4) is 0 Å². The van der Waals surface area contributed by atoms with Gasteiger partial charge in [0.05, 0.1) is 5.52 Å². The predicted octanol–water partition coefficient (Wildman–Crippen LogP) is 5.06. The van der Waals surface area contributed by atoms with Gasteiger partial charge in [0.25, 0.3) is 5.91 Å². The van der Waals surface area contributed by atoms with E-state index >= 15 is 0 Å². The topological polar surface area (TPSA) is 38.4 Å². The van der Waals surface area contributed by atoms with Gasteiger partial charge >= 0.3 is 0 Å². The van der Waals surface area contributed by atoms with Crippen LogP contribution < -0.4 is 0 Å². The Morgan fingerprint density at radius 3 is 2.48 bits per heavy atom. The third kappa shape index (κ3) is 3.38. The number of aromatic nitrogens is 1. The zero-order valence-electron chi connectivity index (χ0n) is 14.1. The minimum atomic E-state index is 0.111. The number of hydrogen-bond donors (Lipinski definition) is 0. The molecule has 1 saturated heterocycles. The van der Waals surface area contributed by atoms with Crippen LogP contribution in [0.4, 0.5) is 0 Å². The molecule has 4 nitrogen and oxygen atoms in total. The molecule has 5 heteroatoms.